The van der Waals surface area contributed by atoms with Crippen LogP contribution in [0.4, 0.5) is 0 Å². The van der Waals surface area contributed by atoms with Crippen LogP contribution in [0.15, 0.2) is 0 Å². The van der Waals surface area contributed by atoms with E-state index in [1.165, 1.54) is 0 Å². The molecule has 1 heterocycles. The predicted molar refractivity (Wildman–Crippen MR) is 44.4 cm³/mol. The maximum atomic E-state index is 11.2. The van der Waals surface area contributed by atoms with Crippen LogP contribution in [0.5, 0.6) is 0 Å². The van der Waals surface area contributed by atoms with Gasteiger partial charge in [0.1, 0.15) is 0 Å². The van der Waals surface area contributed by atoms with E-state index in [2.05, 4.69) is 5.32 Å². The lowest BCUT2D eigenvalue weighted by atomic mass is 10.1. The summed E-state index contributed by atoms with van der Waals surface area (Å²) >= 11 is 0. The van der Waals surface area contributed by atoms with Gasteiger partial charge in [-0.05, 0) is 6.42 Å². The first-order valence-corrected chi connectivity index (χ1v) is 4.13. The molecule has 1 aliphatic heterocycles. The molecule has 5 heteroatoms. The van der Waals surface area contributed by atoms with Gasteiger partial charge in [-0.3, -0.25) is 19.8 Å². The molecule has 0 saturated carbocycles. The van der Waals surface area contributed by atoms with Crippen molar-refractivity contribution >= 4 is 11.8 Å². The Morgan fingerprint density at radius 1 is 1.69 bits per heavy atom. The zero-order chi connectivity index (χ0) is 9.84. The summed E-state index contributed by atoms with van der Waals surface area (Å²) < 4.78 is 0. The highest BCUT2D eigenvalue weighted by atomic mass is 16.2. The fourth-order valence-corrected chi connectivity index (χ4v) is 1.42. The first kappa shape index (κ1) is 9.68. The monoisotopic (exact) mass is 181 g/mol. The molecule has 0 spiro atoms. The van der Waals surface area contributed by atoms with Crippen molar-refractivity contribution in [1.82, 2.24) is 10.2 Å². The lowest BCUT2D eigenvalue weighted by Gasteiger charge is -2.31. The van der Waals surface area contributed by atoms with Crippen molar-refractivity contribution in [3.05, 3.63) is 0 Å². The normalized spacial score (nSPS) is 23.8. The van der Waals surface area contributed by atoms with Gasteiger partial charge in [0.25, 0.3) is 0 Å². The van der Waals surface area contributed by atoms with Crippen molar-refractivity contribution in [1.29, 1.82) is 5.26 Å². The van der Waals surface area contributed by atoms with E-state index in [9.17, 15) is 9.59 Å². The SMILES string of the molecule is CCC1C(=O)NC(=O)CN1CC#N. The second-order valence-corrected chi connectivity index (χ2v) is 2.90. The summed E-state index contributed by atoms with van der Waals surface area (Å²) in [5.74, 6) is -0.626. The van der Waals surface area contributed by atoms with Gasteiger partial charge in [0.05, 0.1) is 25.2 Å². The molecule has 1 N–H and O–H groups in total. The maximum absolute atomic E-state index is 11.2. The number of hydrogen-bond donors (Lipinski definition) is 1. The minimum atomic E-state index is -0.336. The molecule has 0 aliphatic carbocycles. The molecule has 0 aromatic carbocycles. The Balaban J connectivity index is 2.72. The van der Waals surface area contributed by atoms with Crippen LogP contribution in [-0.4, -0.2) is 35.8 Å². The van der Waals surface area contributed by atoms with Gasteiger partial charge in [-0.25, -0.2) is 0 Å². The minimum absolute atomic E-state index is 0.123. The van der Waals surface area contributed by atoms with Crippen LogP contribution in [-0.2, 0) is 9.59 Å². The van der Waals surface area contributed by atoms with Gasteiger partial charge in [-0.1, -0.05) is 6.92 Å². The molecule has 1 fully saturated rings. The van der Waals surface area contributed by atoms with Gasteiger partial charge in [0.15, 0.2) is 0 Å². The van der Waals surface area contributed by atoms with E-state index in [1.807, 2.05) is 13.0 Å². The summed E-state index contributed by atoms with van der Waals surface area (Å²) in [5, 5.41) is 10.7. The fourth-order valence-electron chi connectivity index (χ4n) is 1.42. The molecule has 0 radical (unpaired) electrons. The summed E-state index contributed by atoms with van der Waals surface area (Å²) in [6, 6.07) is 1.60. The van der Waals surface area contributed by atoms with Crippen LogP contribution in [0.1, 0.15) is 13.3 Å². The maximum Gasteiger partial charge on any atom is 0.243 e. The number of nitrogens with one attached hydrogen (secondary N) is 1. The molecule has 0 bridgehead atoms. The van der Waals surface area contributed by atoms with Gasteiger partial charge >= 0.3 is 0 Å². The first-order chi connectivity index (χ1) is 6.19. The number of nitriles is 1. The van der Waals surface area contributed by atoms with E-state index < -0.39 is 0 Å². The topological polar surface area (TPSA) is 73.2 Å². The number of amides is 2. The number of carbonyl (C=O) groups excluding carboxylic acids is 2. The van der Waals surface area contributed by atoms with Gasteiger partial charge in [0.2, 0.25) is 11.8 Å². The molecule has 1 rings (SSSR count). The van der Waals surface area contributed by atoms with Crippen LogP contribution >= 0.6 is 0 Å². The van der Waals surface area contributed by atoms with E-state index in [-0.39, 0.29) is 30.9 Å². The highest BCUT2D eigenvalue weighted by molar-refractivity contribution is 6.01. The van der Waals surface area contributed by atoms with Crippen LogP contribution in [0.25, 0.3) is 0 Å². The molecule has 1 aliphatic rings. The van der Waals surface area contributed by atoms with Crippen LogP contribution < -0.4 is 5.32 Å². The molecule has 0 aromatic rings. The predicted octanol–water partition coefficient (Wildman–Crippen LogP) is -0.753. The van der Waals surface area contributed by atoms with E-state index in [4.69, 9.17) is 5.26 Å². The molecular weight excluding hydrogens is 170 g/mol. The molecule has 1 atom stereocenters. The van der Waals surface area contributed by atoms with E-state index >= 15 is 0 Å². The van der Waals surface area contributed by atoms with Gasteiger partial charge in [-0.15, -0.1) is 0 Å². The van der Waals surface area contributed by atoms with Crippen molar-refractivity contribution in [2.75, 3.05) is 13.1 Å². The Morgan fingerprint density at radius 3 is 2.92 bits per heavy atom. The smallest absolute Gasteiger partial charge is 0.243 e. The Kier molecular flexibility index (Phi) is 2.98. The second kappa shape index (κ2) is 4.01. The summed E-state index contributed by atoms with van der Waals surface area (Å²) in [4.78, 5) is 23.8. The third-order valence-electron chi connectivity index (χ3n) is 2.01. The molecule has 1 unspecified atom stereocenters. The van der Waals surface area contributed by atoms with Crippen molar-refractivity contribution in [2.45, 2.75) is 19.4 Å². The van der Waals surface area contributed by atoms with Gasteiger partial charge < -0.3 is 0 Å². The number of nitrogens with zero attached hydrogens (tertiary/aromatic N) is 2. The first-order valence-electron chi connectivity index (χ1n) is 4.13. The Bertz CT molecular complexity index is 269. The summed E-state index contributed by atoms with van der Waals surface area (Å²) in [6.07, 6.45) is 0.612. The molecule has 0 aromatic heterocycles. The zero-order valence-corrected chi connectivity index (χ0v) is 7.41. The molecule has 70 valence electrons. The lowest BCUT2D eigenvalue weighted by Crippen LogP contribution is -2.57. The van der Waals surface area contributed by atoms with Crippen molar-refractivity contribution in [3.8, 4) is 6.07 Å². The third-order valence-corrected chi connectivity index (χ3v) is 2.01. The highest BCUT2D eigenvalue weighted by Crippen LogP contribution is 2.07. The Hall–Kier alpha value is -1.41. The number of rotatable bonds is 2. The Morgan fingerprint density at radius 2 is 2.38 bits per heavy atom. The van der Waals surface area contributed by atoms with E-state index in [0.29, 0.717) is 6.42 Å². The van der Waals surface area contributed by atoms with Crippen LogP contribution in [0.3, 0.4) is 0 Å². The average Bonchev–Trinajstić information content (AvgIpc) is 2.04. The van der Waals surface area contributed by atoms with Gasteiger partial charge in [0, 0.05) is 0 Å². The quantitative estimate of drug-likeness (QED) is 0.449. The summed E-state index contributed by atoms with van der Waals surface area (Å²) in [7, 11) is 0. The number of piperazine rings is 1. The van der Waals surface area contributed by atoms with Crippen molar-refractivity contribution < 1.29 is 9.59 Å². The van der Waals surface area contributed by atoms with E-state index in [0.717, 1.165) is 0 Å². The number of hydrogen-bond acceptors (Lipinski definition) is 4. The van der Waals surface area contributed by atoms with Crippen molar-refractivity contribution in [3.63, 3.8) is 0 Å². The second-order valence-electron chi connectivity index (χ2n) is 2.90. The fraction of sp³-hybridized carbons (Fsp3) is 0.625. The standard InChI is InChI=1S/C8H11N3O2/c1-2-6-8(13)10-7(12)5-11(6)4-3-9/h6H,2,4-5H2,1H3,(H,10,12,13). The number of carbonyl (C=O) groups is 2. The zero-order valence-electron chi connectivity index (χ0n) is 7.41. The summed E-state index contributed by atoms with van der Waals surface area (Å²) in [5.41, 5.74) is 0. The molecule has 13 heavy (non-hydrogen) atoms. The van der Waals surface area contributed by atoms with Crippen LogP contribution in [0, 0.1) is 11.3 Å². The molecule has 2 amide bonds. The van der Waals surface area contributed by atoms with Gasteiger partial charge in [-0.2, -0.15) is 5.26 Å². The average molecular weight is 181 g/mol. The lowest BCUT2D eigenvalue weighted by molar-refractivity contribution is -0.139. The minimum Gasteiger partial charge on any atom is -0.294 e. The third kappa shape index (κ3) is 2.04. The van der Waals surface area contributed by atoms with E-state index in [1.54, 1.807) is 4.90 Å². The molecular formula is C8H11N3O2. The summed E-state index contributed by atoms with van der Waals surface area (Å²) in [6.45, 7) is 2.11. The largest absolute Gasteiger partial charge is 0.294 e. The Labute approximate surface area is 76.3 Å². The molecule has 5 nitrogen and oxygen atoms in total. The number of imide groups is 1. The van der Waals surface area contributed by atoms with Crippen LogP contribution in [0.2, 0.25) is 0 Å². The molecule has 1 saturated heterocycles. The highest BCUT2D eigenvalue weighted by Gasteiger charge is 2.31. The van der Waals surface area contributed by atoms with Crippen molar-refractivity contribution in [2.24, 2.45) is 0 Å².